The van der Waals surface area contributed by atoms with E-state index in [4.69, 9.17) is 16.3 Å². The van der Waals surface area contributed by atoms with Gasteiger partial charge in [-0.1, -0.05) is 11.6 Å². The number of hydrogen-bond donors (Lipinski definition) is 0. The van der Waals surface area contributed by atoms with Crippen LogP contribution < -0.4 is 4.74 Å². The Morgan fingerprint density at radius 1 is 1.29 bits per heavy atom. The van der Waals surface area contributed by atoms with Gasteiger partial charge in [0.2, 0.25) is 0 Å². The molecule has 0 saturated carbocycles. The summed E-state index contributed by atoms with van der Waals surface area (Å²) in [6.07, 6.45) is 1.76. The Hall–Kier alpha value is -1.22. The van der Waals surface area contributed by atoms with Crippen LogP contribution in [0.1, 0.15) is 19.8 Å². The van der Waals surface area contributed by atoms with Gasteiger partial charge in [-0.25, -0.2) is 0 Å². The fourth-order valence-electron chi connectivity index (χ4n) is 1.96. The van der Waals surface area contributed by atoms with Crippen LogP contribution in [0.25, 0.3) is 0 Å². The lowest BCUT2D eigenvalue weighted by Crippen LogP contribution is -2.38. The van der Waals surface area contributed by atoms with Crippen molar-refractivity contribution in [3.8, 4) is 5.75 Å². The largest absolute Gasteiger partial charge is 0.481 e. The zero-order valence-corrected chi connectivity index (χ0v) is 10.6. The van der Waals surface area contributed by atoms with Gasteiger partial charge in [0.25, 0.3) is 5.91 Å². The highest BCUT2D eigenvalue weighted by molar-refractivity contribution is 6.30. The molecule has 1 amide bonds. The summed E-state index contributed by atoms with van der Waals surface area (Å²) in [5.41, 5.74) is 0. The predicted molar refractivity (Wildman–Crippen MR) is 67.4 cm³/mol. The van der Waals surface area contributed by atoms with Gasteiger partial charge in [0.05, 0.1) is 0 Å². The van der Waals surface area contributed by atoms with E-state index in [9.17, 15) is 4.79 Å². The number of benzene rings is 1. The standard InChI is InChI=1S/C13H16ClNO2/c1-10(13(16)15-8-2-3-9-15)17-12-6-4-11(14)5-7-12/h4-7,10H,2-3,8-9H2,1H3/t10-/m0/s1. The fourth-order valence-corrected chi connectivity index (χ4v) is 2.09. The molecule has 2 rings (SSSR count). The third kappa shape index (κ3) is 3.13. The molecular formula is C13H16ClNO2. The lowest BCUT2D eigenvalue weighted by atomic mass is 10.3. The predicted octanol–water partition coefficient (Wildman–Crippen LogP) is 2.73. The highest BCUT2D eigenvalue weighted by atomic mass is 35.5. The van der Waals surface area contributed by atoms with Crippen molar-refractivity contribution in [3.05, 3.63) is 29.3 Å². The first-order chi connectivity index (χ1) is 8.16. The lowest BCUT2D eigenvalue weighted by molar-refractivity contribution is -0.136. The molecule has 1 aliphatic rings. The van der Waals surface area contributed by atoms with Crippen molar-refractivity contribution >= 4 is 17.5 Å². The second-order valence-electron chi connectivity index (χ2n) is 4.25. The highest BCUT2D eigenvalue weighted by Gasteiger charge is 2.24. The van der Waals surface area contributed by atoms with E-state index in [1.165, 1.54) is 0 Å². The van der Waals surface area contributed by atoms with Crippen LogP contribution in [0.5, 0.6) is 5.75 Å². The van der Waals surface area contributed by atoms with Crippen LogP contribution in [0.15, 0.2) is 24.3 Å². The Balaban J connectivity index is 1.93. The number of amides is 1. The molecule has 1 saturated heterocycles. The van der Waals surface area contributed by atoms with Crippen molar-refractivity contribution in [2.75, 3.05) is 13.1 Å². The first-order valence-corrected chi connectivity index (χ1v) is 6.25. The van der Waals surface area contributed by atoms with Gasteiger partial charge < -0.3 is 9.64 Å². The summed E-state index contributed by atoms with van der Waals surface area (Å²) in [5.74, 6) is 0.742. The van der Waals surface area contributed by atoms with Gasteiger partial charge in [-0.05, 0) is 44.0 Å². The highest BCUT2D eigenvalue weighted by Crippen LogP contribution is 2.18. The third-order valence-electron chi connectivity index (χ3n) is 2.89. The van der Waals surface area contributed by atoms with Gasteiger partial charge in [-0.15, -0.1) is 0 Å². The van der Waals surface area contributed by atoms with E-state index in [0.29, 0.717) is 10.8 Å². The topological polar surface area (TPSA) is 29.5 Å². The van der Waals surface area contributed by atoms with E-state index < -0.39 is 6.10 Å². The Bertz CT molecular complexity index is 385. The van der Waals surface area contributed by atoms with Gasteiger partial charge in [0, 0.05) is 18.1 Å². The van der Waals surface area contributed by atoms with Crippen LogP contribution >= 0.6 is 11.6 Å². The average Bonchev–Trinajstić information content (AvgIpc) is 2.84. The summed E-state index contributed by atoms with van der Waals surface area (Å²) >= 11 is 5.78. The molecule has 0 spiro atoms. The van der Waals surface area contributed by atoms with Crippen molar-refractivity contribution in [2.45, 2.75) is 25.9 Å². The van der Waals surface area contributed by atoms with Crippen molar-refractivity contribution in [2.24, 2.45) is 0 Å². The van der Waals surface area contributed by atoms with Gasteiger partial charge in [0.15, 0.2) is 6.10 Å². The molecule has 1 aromatic carbocycles. The van der Waals surface area contributed by atoms with E-state index >= 15 is 0 Å². The minimum atomic E-state index is -0.436. The summed E-state index contributed by atoms with van der Waals surface area (Å²) in [6.45, 7) is 3.50. The van der Waals surface area contributed by atoms with Crippen LogP contribution in [0.4, 0.5) is 0 Å². The summed E-state index contributed by atoms with van der Waals surface area (Å²) in [7, 11) is 0. The maximum absolute atomic E-state index is 12.0. The quantitative estimate of drug-likeness (QED) is 0.829. The van der Waals surface area contributed by atoms with Gasteiger partial charge in [-0.3, -0.25) is 4.79 Å². The van der Waals surface area contributed by atoms with Gasteiger partial charge >= 0.3 is 0 Å². The SMILES string of the molecule is C[C@H](Oc1ccc(Cl)cc1)C(=O)N1CCCC1. The molecule has 1 aromatic rings. The first-order valence-electron chi connectivity index (χ1n) is 5.88. The molecule has 1 fully saturated rings. The number of rotatable bonds is 3. The average molecular weight is 254 g/mol. The zero-order chi connectivity index (χ0) is 12.3. The molecule has 4 heteroatoms. The molecule has 1 heterocycles. The number of nitrogens with zero attached hydrogens (tertiary/aromatic N) is 1. The summed E-state index contributed by atoms with van der Waals surface area (Å²) < 4.78 is 5.59. The second kappa shape index (κ2) is 5.41. The molecule has 17 heavy (non-hydrogen) atoms. The van der Waals surface area contributed by atoms with Crippen LogP contribution in [0, 0.1) is 0 Å². The number of halogens is 1. The Morgan fingerprint density at radius 2 is 1.88 bits per heavy atom. The van der Waals surface area contributed by atoms with E-state index in [-0.39, 0.29) is 5.91 Å². The molecule has 0 unspecified atom stereocenters. The maximum atomic E-state index is 12.0. The molecule has 0 bridgehead atoms. The summed E-state index contributed by atoms with van der Waals surface area (Å²) in [5, 5.41) is 0.663. The van der Waals surface area contributed by atoms with Crippen LogP contribution in [0.2, 0.25) is 5.02 Å². The number of carbonyl (C=O) groups excluding carboxylic acids is 1. The summed E-state index contributed by atoms with van der Waals surface area (Å²) in [6, 6.07) is 7.06. The van der Waals surface area contributed by atoms with E-state index in [2.05, 4.69) is 0 Å². The van der Waals surface area contributed by atoms with Gasteiger partial charge in [-0.2, -0.15) is 0 Å². The molecule has 0 aliphatic carbocycles. The number of hydrogen-bond acceptors (Lipinski definition) is 2. The van der Waals surface area contributed by atoms with Crippen LogP contribution in [-0.4, -0.2) is 30.0 Å². The number of ether oxygens (including phenoxy) is 1. The number of carbonyl (C=O) groups is 1. The van der Waals surface area contributed by atoms with Crippen molar-refractivity contribution in [1.82, 2.24) is 4.90 Å². The molecule has 1 aliphatic heterocycles. The molecule has 0 radical (unpaired) electrons. The summed E-state index contributed by atoms with van der Waals surface area (Å²) in [4.78, 5) is 13.9. The minimum Gasteiger partial charge on any atom is -0.481 e. The number of likely N-dealkylation sites (tertiary alicyclic amines) is 1. The Morgan fingerprint density at radius 3 is 2.47 bits per heavy atom. The molecule has 0 N–H and O–H groups in total. The Kier molecular flexibility index (Phi) is 3.89. The molecule has 92 valence electrons. The smallest absolute Gasteiger partial charge is 0.263 e. The van der Waals surface area contributed by atoms with Crippen molar-refractivity contribution in [1.29, 1.82) is 0 Å². The van der Waals surface area contributed by atoms with Crippen LogP contribution in [-0.2, 0) is 4.79 Å². The lowest BCUT2D eigenvalue weighted by Gasteiger charge is -2.21. The van der Waals surface area contributed by atoms with Gasteiger partial charge in [0.1, 0.15) is 5.75 Å². The third-order valence-corrected chi connectivity index (χ3v) is 3.14. The Labute approximate surface area is 106 Å². The fraction of sp³-hybridized carbons (Fsp3) is 0.462. The van der Waals surface area contributed by atoms with E-state index in [0.717, 1.165) is 25.9 Å². The second-order valence-corrected chi connectivity index (χ2v) is 4.68. The van der Waals surface area contributed by atoms with Crippen molar-refractivity contribution in [3.63, 3.8) is 0 Å². The molecule has 0 aromatic heterocycles. The van der Waals surface area contributed by atoms with E-state index in [1.807, 2.05) is 4.90 Å². The van der Waals surface area contributed by atoms with Crippen LogP contribution in [0.3, 0.4) is 0 Å². The van der Waals surface area contributed by atoms with E-state index in [1.54, 1.807) is 31.2 Å². The zero-order valence-electron chi connectivity index (χ0n) is 9.86. The maximum Gasteiger partial charge on any atom is 0.263 e. The molecule has 1 atom stereocenters. The normalized spacial score (nSPS) is 16.9. The monoisotopic (exact) mass is 253 g/mol. The minimum absolute atomic E-state index is 0.0671. The van der Waals surface area contributed by atoms with Crippen molar-refractivity contribution < 1.29 is 9.53 Å². The first kappa shape index (κ1) is 12.2. The molecule has 3 nitrogen and oxygen atoms in total. The molecular weight excluding hydrogens is 238 g/mol.